The Morgan fingerprint density at radius 1 is 1.07 bits per heavy atom. The summed E-state index contributed by atoms with van der Waals surface area (Å²) in [5.41, 5.74) is 9.44. The van der Waals surface area contributed by atoms with Crippen molar-refractivity contribution < 1.29 is 18.0 Å². The molecule has 2 amide bonds. The van der Waals surface area contributed by atoms with Gasteiger partial charge in [0.15, 0.2) is 0 Å². The Kier molecular flexibility index (Phi) is 7.52. The van der Waals surface area contributed by atoms with Crippen molar-refractivity contribution in [3.05, 3.63) is 29.5 Å². The number of carbonyl (C=O) groups is 2. The number of aryl methyl sites for hydroxylation is 1. The van der Waals surface area contributed by atoms with E-state index in [1.807, 2.05) is 11.7 Å². The summed E-state index contributed by atoms with van der Waals surface area (Å²) < 4.78 is 28.9. The van der Waals surface area contributed by atoms with Crippen LogP contribution in [0.5, 0.6) is 0 Å². The Hall–Kier alpha value is -2.34. The minimum absolute atomic E-state index is 0.134. The minimum Gasteiger partial charge on any atom is -0.328 e. The molecule has 6 rings (SSSR count). The second-order valence-corrected chi connectivity index (χ2v) is 14.8. The van der Waals surface area contributed by atoms with Gasteiger partial charge in [-0.2, -0.15) is 5.10 Å². The zero-order valence-corrected chi connectivity index (χ0v) is 24.3. The second-order valence-electron chi connectivity index (χ2n) is 12.7. The van der Waals surface area contributed by atoms with Gasteiger partial charge in [0.25, 0.3) is 0 Å². The van der Waals surface area contributed by atoms with Gasteiger partial charge in [-0.1, -0.05) is 12.1 Å². The quantitative estimate of drug-likeness (QED) is 0.488. The molecule has 1 aromatic carbocycles. The van der Waals surface area contributed by atoms with E-state index in [0.717, 1.165) is 61.9 Å². The maximum Gasteiger partial charge on any atom is 0.235 e. The molecule has 0 radical (unpaired) electrons. The smallest absolute Gasteiger partial charge is 0.235 e. The molecule has 3 aliphatic heterocycles. The number of hydrogen-bond acceptors (Lipinski definition) is 7. The fourth-order valence-electron chi connectivity index (χ4n) is 7.46. The van der Waals surface area contributed by atoms with Crippen molar-refractivity contribution in [2.75, 3.05) is 38.5 Å². The predicted octanol–water partition coefficient (Wildman–Crippen LogP) is 2.20. The molecular weight excluding hydrogens is 528 g/mol. The first-order valence-corrected chi connectivity index (χ1v) is 16.5. The number of nitrogens with one attached hydrogen (secondary N) is 1. The maximum atomic E-state index is 12.7. The summed E-state index contributed by atoms with van der Waals surface area (Å²) in [5, 5.41) is 8.14. The molecule has 218 valence electrons. The first kappa shape index (κ1) is 27.8. The zero-order valence-electron chi connectivity index (χ0n) is 23.5. The highest BCUT2D eigenvalue weighted by atomic mass is 32.2. The van der Waals surface area contributed by atoms with Gasteiger partial charge in [-0.05, 0) is 80.9 Å². The molecule has 4 fully saturated rings. The van der Waals surface area contributed by atoms with E-state index < -0.39 is 10.0 Å². The number of sulfonamides is 1. The summed E-state index contributed by atoms with van der Waals surface area (Å²) >= 11 is 0. The van der Waals surface area contributed by atoms with Gasteiger partial charge in [0.2, 0.25) is 21.8 Å². The van der Waals surface area contributed by atoms with Gasteiger partial charge in [-0.3, -0.25) is 19.6 Å². The number of nitrogens with zero attached hydrogens (tertiary/aromatic N) is 4. The lowest BCUT2D eigenvalue weighted by atomic mass is 9.65. The van der Waals surface area contributed by atoms with E-state index in [1.54, 1.807) is 4.31 Å². The summed E-state index contributed by atoms with van der Waals surface area (Å²) in [6.07, 6.45) is 7.77. The van der Waals surface area contributed by atoms with Gasteiger partial charge < -0.3 is 10.6 Å². The molecule has 1 aliphatic carbocycles. The number of amides is 2. The van der Waals surface area contributed by atoms with E-state index in [-0.39, 0.29) is 29.5 Å². The summed E-state index contributed by atoms with van der Waals surface area (Å²) in [4.78, 5) is 26.5. The van der Waals surface area contributed by atoms with Crippen LogP contribution in [-0.2, 0) is 26.7 Å². The van der Waals surface area contributed by atoms with Crippen LogP contribution in [0, 0.1) is 5.41 Å². The molecule has 1 atom stereocenters. The Morgan fingerprint density at radius 2 is 1.80 bits per heavy atom. The third-order valence-corrected chi connectivity index (χ3v) is 11.8. The number of imide groups is 1. The highest BCUT2D eigenvalue weighted by molar-refractivity contribution is 7.89. The van der Waals surface area contributed by atoms with Crippen LogP contribution in [0.15, 0.2) is 18.2 Å². The van der Waals surface area contributed by atoms with E-state index in [2.05, 4.69) is 28.4 Å². The minimum atomic E-state index is -3.17. The van der Waals surface area contributed by atoms with Gasteiger partial charge >= 0.3 is 0 Å². The SMILES string of the molecule is Cn1nc(C2CCC(=O)NC2=O)c2ccc(C3CCC4(CC3)CN(CCCS(=O)(=O)N3CCC(N)CC3)C4)cc21. The largest absolute Gasteiger partial charge is 0.328 e. The second kappa shape index (κ2) is 10.8. The maximum absolute atomic E-state index is 12.7. The summed E-state index contributed by atoms with van der Waals surface area (Å²) in [5.74, 6) is -0.0929. The van der Waals surface area contributed by atoms with Gasteiger partial charge in [0.1, 0.15) is 0 Å². The first-order chi connectivity index (χ1) is 19.1. The number of fused-ring (bicyclic) bond motifs is 1. The third kappa shape index (κ3) is 5.45. The normalized spacial score (nSPS) is 25.4. The van der Waals surface area contributed by atoms with E-state index in [1.165, 1.54) is 18.4 Å². The number of rotatable bonds is 7. The van der Waals surface area contributed by atoms with E-state index in [0.29, 0.717) is 43.7 Å². The molecule has 0 bridgehead atoms. The Balaban J connectivity index is 1.00. The van der Waals surface area contributed by atoms with Crippen molar-refractivity contribution in [3.8, 4) is 0 Å². The van der Waals surface area contributed by atoms with Crippen LogP contribution in [0.2, 0.25) is 0 Å². The van der Waals surface area contributed by atoms with E-state index >= 15 is 0 Å². The van der Waals surface area contributed by atoms with Gasteiger partial charge in [-0.15, -0.1) is 0 Å². The number of benzene rings is 1. The zero-order chi connectivity index (χ0) is 28.1. The van der Waals surface area contributed by atoms with E-state index in [9.17, 15) is 18.0 Å². The number of nitrogens with two attached hydrogens (primary N) is 1. The topological polar surface area (TPSA) is 131 Å². The highest BCUT2D eigenvalue weighted by Gasteiger charge is 2.45. The lowest BCUT2D eigenvalue weighted by Gasteiger charge is -2.54. The van der Waals surface area contributed by atoms with Gasteiger partial charge in [0, 0.05) is 51.1 Å². The highest BCUT2D eigenvalue weighted by Crippen LogP contribution is 2.48. The molecule has 3 saturated heterocycles. The van der Waals surface area contributed by atoms with Crippen molar-refractivity contribution in [1.29, 1.82) is 0 Å². The average molecular weight is 571 g/mol. The number of likely N-dealkylation sites (tertiary alicyclic amines) is 1. The third-order valence-electron chi connectivity index (χ3n) is 9.88. The predicted molar refractivity (Wildman–Crippen MR) is 153 cm³/mol. The molecule has 4 aliphatic rings. The molecule has 1 spiro atoms. The Morgan fingerprint density at radius 3 is 2.50 bits per heavy atom. The lowest BCUT2D eigenvalue weighted by molar-refractivity contribution is -0.134. The van der Waals surface area contributed by atoms with Crippen molar-refractivity contribution >= 4 is 32.7 Å². The van der Waals surface area contributed by atoms with E-state index in [4.69, 9.17) is 10.8 Å². The molecule has 1 saturated carbocycles. The van der Waals surface area contributed by atoms with Crippen LogP contribution >= 0.6 is 0 Å². The number of aromatic nitrogens is 2. The fourth-order valence-corrected chi connectivity index (χ4v) is 8.98. The van der Waals surface area contributed by atoms with Gasteiger partial charge in [0.05, 0.1) is 22.9 Å². The van der Waals surface area contributed by atoms with Gasteiger partial charge in [-0.25, -0.2) is 12.7 Å². The molecule has 11 heteroatoms. The van der Waals surface area contributed by atoms with Crippen LogP contribution in [0.3, 0.4) is 0 Å². The average Bonchev–Trinajstić information content (AvgIpc) is 3.23. The van der Waals surface area contributed by atoms with Crippen molar-refractivity contribution in [2.45, 2.75) is 75.7 Å². The molecule has 2 aromatic rings. The summed E-state index contributed by atoms with van der Waals surface area (Å²) in [7, 11) is -1.25. The first-order valence-electron chi connectivity index (χ1n) is 14.9. The molecule has 10 nitrogen and oxygen atoms in total. The Labute approximate surface area is 236 Å². The summed E-state index contributed by atoms with van der Waals surface area (Å²) in [6, 6.07) is 6.68. The molecule has 3 N–H and O–H groups in total. The van der Waals surface area contributed by atoms with Crippen LogP contribution in [0.25, 0.3) is 10.9 Å². The van der Waals surface area contributed by atoms with Crippen molar-refractivity contribution in [1.82, 2.24) is 24.3 Å². The molecule has 1 unspecified atom stereocenters. The Bertz CT molecular complexity index is 1380. The molecule has 4 heterocycles. The van der Waals surface area contributed by atoms with Crippen LogP contribution in [-0.4, -0.2) is 83.7 Å². The fraction of sp³-hybridized carbons (Fsp3) is 0.690. The standard InChI is InChI=1S/C29H42N6O4S/c1-33-25-17-21(3-4-23(25)27(32-33)24-5-6-26(36)31-28(24)37)20-7-11-29(12-8-20)18-34(19-29)13-2-16-40(38,39)35-14-9-22(30)10-15-35/h3-4,17,20,22,24H,2,5-16,18-19,30H2,1H3,(H,31,36,37). The molecular formula is C29H42N6O4S. The number of piperidine rings is 2. The lowest BCUT2D eigenvalue weighted by Crippen LogP contribution is -2.57. The van der Waals surface area contributed by atoms with Crippen molar-refractivity contribution in [2.24, 2.45) is 18.2 Å². The number of carbonyl (C=O) groups excluding carboxylic acids is 2. The molecule has 40 heavy (non-hydrogen) atoms. The van der Waals surface area contributed by atoms with Crippen LogP contribution < -0.4 is 11.1 Å². The molecule has 1 aromatic heterocycles. The van der Waals surface area contributed by atoms with Crippen molar-refractivity contribution in [3.63, 3.8) is 0 Å². The number of hydrogen-bond donors (Lipinski definition) is 2. The van der Waals surface area contributed by atoms with Crippen LogP contribution in [0.1, 0.15) is 80.9 Å². The monoisotopic (exact) mass is 570 g/mol. The van der Waals surface area contributed by atoms with Crippen LogP contribution in [0.4, 0.5) is 0 Å². The summed E-state index contributed by atoms with van der Waals surface area (Å²) in [6.45, 7) is 4.13.